The predicted octanol–water partition coefficient (Wildman–Crippen LogP) is 8.63. The fourth-order valence-electron chi connectivity index (χ4n) is 6.10. The van der Waals surface area contributed by atoms with Gasteiger partial charge in [0.05, 0.1) is 5.92 Å². The molecule has 28 heavy (non-hydrogen) atoms. The first-order valence-electron chi connectivity index (χ1n) is 11.8. The Kier molecular flexibility index (Phi) is 8.12. The van der Waals surface area contributed by atoms with Gasteiger partial charge in [0.2, 0.25) is 0 Å². The Balaban J connectivity index is 1.38. The Bertz CT molecular complexity index is 514. The van der Waals surface area contributed by atoms with Crippen LogP contribution in [0.3, 0.4) is 0 Å². The molecule has 0 spiro atoms. The van der Waals surface area contributed by atoms with Crippen LogP contribution in [0.15, 0.2) is 23.8 Å². The van der Waals surface area contributed by atoms with Gasteiger partial charge in [-0.25, -0.2) is 0 Å². The van der Waals surface area contributed by atoms with E-state index in [1.165, 1.54) is 63.4 Å². The van der Waals surface area contributed by atoms with E-state index in [0.29, 0.717) is 18.8 Å². The minimum Gasteiger partial charge on any atom is -0.171 e. The van der Waals surface area contributed by atoms with E-state index in [-0.39, 0.29) is 0 Å². The van der Waals surface area contributed by atoms with Crippen molar-refractivity contribution >= 4 is 0 Å². The molecule has 0 radical (unpaired) electrons. The van der Waals surface area contributed by atoms with Crippen molar-refractivity contribution in [2.24, 2.45) is 29.6 Å². The zero-order chi connectivity index (χ0) is 20.0. The first-order chi connectivity index (χ1) is 13.5. The second-order valence-electron chi connectivity index (χ2n) is 9.68. The average Bonchev–Trinajstić information content (AvgIpc) is 2.71. The maximum absolute atomic E-state index is 12.9. The van der Waals surface area contributed by atoms with Gasteiger partial charge in [0.15, 0.2) is 0 Å². The highest BCUT2D eigenvalue weighted by molar-refractivity contribution is 5.12. The summed E-state index contributed by atoms with van der Waals surface area (Å²) in [5, 5.41) is 0. The Hall–Kier alpha value is -0.730. The van der Waals surface area contributed by atoms with E-state index in [4.69, 9.17) is 0 Å². The standard InChI is InChI=1S/C25H39F3/c1-2-3-4-5-6-19-7-9-20(10-8-19)21-11-13-22(14-12-21)23-15-17-24(18-16-23)25(26,27)28/h2-3,13,19-21,23-24H,4-12,14-18H2,1H3/b3-2+. The third-order valence-electron chi connectivity index (χ3n) is 7.98. The van der Waals surface area contributed by atoms with Crippen LogP contribution >= 0.6 is 0 Å². The number of unbranched alkanes of at least 4 members (excludes halogenated alkanes) is 1. The van der Waals surface area contributed by atoms with E-state index in [2.05, 4.69) is 25.2 Å². The average molecular weight is 397 g/mol. The summed E-state index contributed by atoms with van der Waals surface area (Å²) in [7, 11) is 0. The lowest BCUT2D eigenvalue weighted by molar-refractivity contribution is -0.183. The van der Waals surface area contributed by atoms with Gasteiger partial charge < -0.3 is 0 Å². The maximum Gasteiger partial charge on any atom is 0.391 e. The smallest absolute Gasteiger partial charge is 0.171 e. The summed E-state index contributed by atoms with van der Waals surface area (Å²) >= 11 is 0. The van der Waals surface area contributed by atoms with Crippen molar-refractivity contribution < 1.29 is 13.2 Å². The maximum atomic E-state index is 12.9. The van der Waals surface area contributed by atoms with E-state index >= 15 is 0 Å². The molecule has 0 bridgehead atoms. The van der Waals surface area contributed by atoms with Crippen LogP contribution < -0.4 is 0 Å². The van der Waals surface area contributed by atoms with Crippen LogP contribution in [-0.4, -0.2) is 6.18 Å². The SMILES string of the molecule is C/C=C/CCCC1CCC(C2CC=C(C3CCC(C(F)(F)F)CC3)CC2)CC1. The molecule has 0 saturated heterocycles. The number of halogens is 3. The van der Waals surface area contributed by atoms with E-state index in [1.54, 1.807) is 0 Å². The van der Waals surface area contributed by atoms with Gasteiger partial charge >= 0.3 is 6.18 Å². The molecule has 3 heteroatoms. The largest absolute Gasteiger partial charge is 0.391 e. The van der Waals surface area contributed by atoms with Crippen molar-refractivity contribution in [3.8, 4) is 0 Å². The molecule has 0 aliphatic heterocycles. The molecule has 2 fully saturated rings. The van der Waals surface area contributed by atoms with Crippen molar-refractivity contribution in [3.05, 3.63) is 23.8 Å². The first-order valence-corrected chi connectivity index (χ1v) is 11.8. The summed E-state index contributed by atoms with van der Waals surface area (Å²) in [4.78, 5) is 0. The first kappa shape index (κ1) is 22.0. The molecule has 0 N–H and O–H groups in total. The quantitative estimate of drug-likeness (QED) is 0.311. The molecule has 160 valence electrons. The fourth-order valence-corrected chi connectivity index (χ4v) is 6.10. The Morgan fingerprint density at radius 2 is 1.64 bits per heavy atom. The third kappa shape index (κ3) is 6.13. The van der Waals surface area contributed by atoms with Crippen molar-refractivity contribution in [1.82, 2.24) is 0 Å². The van der Waals surface area contributed by atoms with Crippen LogP contribution in [0.1, 0.15) is 96.8 Å². The van der Waals surface area contributed by atoms with Crippen LogP contribution in [0.2, 0.25) is 0 Å². The van der Waals surface area contributed by atoms with Crippen molar-refractivity contribution in [2.45, 2.75) is 103 Å². The van der Waals surface area contributed by atoms with E-state index in [0.717, 1.165) is 37.0 Å². The summed E-state index contributed by atoms with van der Waals surface area (Å²) in [5.41, 5.74) is 1.49. The van der Waals surface area contributed by atoms with Crippen LogP contribution in [0, 0.1) is 29.6 Å². The van der Waals surface area contributed by atoms with Crippen LogP contribution in [0.4, 0.5) is 13.2 Å². The molecule has 0 aromatic heterocycles. The Labute approximate surface area is 170 Å². The van der Waals surface area contributed by atoms with Gasteiger partial charge in [-0.1, -0.05) is 43.1 Å². The van der Waals surface area contributed by atoms with Crippen LogP contribution in [0.5, 0.6) is 0 Å². The molecule has 3 aliphatic rings. The molecule has 0 aromatic carbocycles. The summed E-state index contributed by atoms with van der Waals surface area (Å²) < 4.78 is 38.6. The Morgan fingerprint density at radius 1 is 0.929 bits per heavy atom. The molecular weight excluding hydrogens is 357 g/mol. The lowest BCUT2D eigenvalue weighted by Crippen LogP contribution is -2.29. The number of rotatable bonds is 6. The highest BCUT2D eigenvalue weighted by Gasteiger charge is 2.42. The lowest BCUT2D eigenvalue weighted by Gasteiger charge is -2.37. The zero-order valence-electron chi connectivity index (χ0n) is 17.7. The minimum absolute atomic E-state index is 0.340. The van der Waals surface area contributed by atoms with Gasteiger partial charge in [-0.2, -0.15) is 13.2 Å². The summed E-state index contributed by atoms with van der Waals surface area (Å²) in [6.45, 7) is 2.10. The highest BCUT2D eigenvalue weighted by atomic mass is 19.4. The van der Waals surface area contributed by atoms with Crippen molar-refractivity contribution in [2.75, 3.05) is 0 Å². The monoisotopic (exact) mass is 396 g/mol. The van der Waals surface area contributed by atoms with Gasteiger partial charge in [0.25, 0.3) is 0 Å². The molecule has 0 amide bonds. The predicted molar refractivity (Wildman–Crippen MR) is 111 cm³/mol. The van der Waals surface area contributed by atoms with Crippen LogP contribution in [-0.2, 0) is 0 Å². The zero-order valence-corrected chi connectivity index (χ0v) is 17.7. The van der Waals surface area contributed by atoms with E-state index < -0.39 is 12.1 Å². The van der Waals surface area contributed by atoms with Gasteiger partial charge in [-0.15, -0.1) is 0 Å². The lowest BCUT2D eigenvalue weighted by atomic mass is 9.68. The van der Waals surface area contributed by atoms with Gasteiger partial charge in [-0.05, 0) is 101 Å². The molecule has 2 saturated carbocycles. The topological polar surface area (TPSA) is 0 Å². The Morgan fingerprint density at radius 3 is 2.21 bits per heavy atom. The third-order valence-corrected chi connectivity index (χ3v) is 7.98. The molecule has 0 aromatic rings. The summed E-state index contributed by atoms with van der Waals surface area (Å²) in [6, 6.07) is 0. The van der Waals surface area contributed by atoms with Gasteiger partial charge in [0, 0.05) is 0 Å². The normalized spacial score (nSPS) is 35.1. The molecular formula is C25H39F3. The molecule has 1 unspecified atom stereocenters. The second-order valence-corrected chi connectivity index (χ2v) is 9.68. The number of allylic oxidation sites excluding steroid dienone is 4. The molecule has 1 atom stereocenters. The van der Waals surface area contributed by atoms with Crippen molar-refractivity contribution in [3.63, 3.8) is 0 Å². The molecule has 0 nitrogen and oxygen atoms in total. The fraction of sp³-hybridized carbons (Fsp3) is 0.840. The van der Waals surface area contributed by atoms with Gasteiger partial charge in [0.1, 0.15) is 0 Å². The molecule has 3 aliphatic carbocycles. The van der Waals surface area contributed by atoms with Gasteiger partial charge in [-0.3, -0.25) is 0 Å². The number of hydrogen-bond acceptors (Lipinski definition) is 0. The minimum atomic E-state index is -3.98. The summed E-state index contributed by atoms with van der Waals surface area (Å²) in [5.74, 6) is 2.06. The number of alkyl halides is 3. The van der Waals surface area contributed by atoms with Crippen LogP contribution in [0.25, 0.3) is 0 Å². The number of hydrogen-bond donors (Lipinski definition) is 0. The summed E-state index contributed by atoms with van der Waals surface area (Å²) in [6.07, 6.45) is 18.3. The van der Waals surface area contributed by atoms with E-state index in [9.17, 15) is 13.2 Å². The van der Waals surface area contributed by atoms with E-state index in [1.807, 2.05) is 0 Å². The second kappa shape index (κ2) is 10.3. The van der Waals surface area contributed by atoms with Crippen molar-refractivity contribution in [1.29, 1.82) is 0 Å². The molecule has 3 rings (SSSR count). The highest BCUT2D eigenvalue weighted by Crippen LogP contribution is 2.46. The molecule has 0 heterocycles.